The van der Waals surface area contributed by atoms with Crippen molar-refractivity contribution in [3.05, 3.63) is 34.9 Å². The molecule has 0 unspecified atom stereocenters. The van der Waals surface area contributed by atoms with Gasteiger partial charge in [0.15, 0.2) is 0 Å². The van der Waals surface area contributed by atoms with Crippen molar-refractivity contribution in [3.63, 3.8) is 0 Å². The van der Waals surface area contributed by atoms with Gasteiger partial charge in [-0.2, -0.15) is 0 Å². The van der Waals surface area contributed by atoms with Crippen molar-refractivity contribution in [2.45, 2.75) is 71.6 Å². The standard InChI is InChI=1S/C21H32ClN/c1-3-5-7-11-17-23(18-12-8-6-4-2)19-13-15-20-14-9-10-16-21(20)22/h9-10,14,16H,3-8,11-12,15,17-18H2,1-2H3. The van der Waals surface area contributed by atoms with E-state index in [0.717, 1.165) is 30.1 Å². The Morgan fingerprint density at radius 3 is 2.04 bits per heavy atom. The smallest absolute Gasteiger partial charge is 0.0447 e. The molecule has 0 bridgehead atoms. The van der Waals surface area contributed by atoms with E-state index in [1.54, 1.807) is 0 Å². The van der Waals surface area contributed by atoms with Crippen LogP contribution in [0.5, 0.6) is 0 Å². The molecule has 0 saturated carbocycles. The lowest BCUT2D eigenvalue weighted by atomic mass is 10.1. The lowest BCUT2D eigenvalue weighted by molar-refractivity contribution is 0.370. The van der Waals surface area contributed by atoms with Gasteiger partial charge in [-0.1, -0.05) is 88.1 Å². The van der Waals surface area contributed by atoms with E-state index in [-0.39, 0.29) is 0 Å². The number of halogens is 1. The van der Waals surface area contributed by atoms with Gasteiger partial charge in [-0.05, 0) is 24.5 Å². The third kappa shape index (κ3) is 9.57. The Hall–Kier alpha value is -1.13. The normalized spacial score (nSPS) is 10.2. The van der Waals surface area contributed by atoms with Crippen LogP contribution < -0.4 is 0 Å². The van der Waals surface area contributed by atoms with Crippen molar-refractivity contribution in [1.82, 2.24) is 4.90 Å². The molecule has 0 atom stereocenters. The molecule has 0 fully saturated rings. The van der Waals surface area contributed by atoms with Crippen LogP contribution >= 0.6 is 11.6 Å². The maximum atomic E-state index is 6.19. The van der Waals surface area contributed by atoms with E-state index >= 15 is 0 Å². The minimum Gasteiger partial charge on any atom is -0.333 e. The van der Waals surface area contributed by atoms with Crippen LogP contribution in [0.1, 0.15) is 70.8 Å². The van der Waals surface area contributed by atoms with Crippen LogP contribution in [-0.2, 0) is 6.42 Å². The minimum absolute atomic E-state index is 0.736. The van der Waals surface area contributed by atoms with Crippen molar-refractivity contribution in [2.75, 3.05) is 13.1 Å². The summed E-state index contributed by atoms with van der Waals surface area (Å²) in [4.78, 5) is 2.32. The molecule has 1 aromatic carbocycles. The fraction of sp³-hybridized carbons (Fsp3) is 0.619. The van der Waals surface area contributed by atoms with Gasteiger partial charge in [0.05, 0.1) is 0 Å². The van der Waals surface area contributed by atoms with Gasteiger partial charge < -0.3 is 4.90 Å². The molecule has 0 aliphatic heterocycles. The van der Waals surface area contributed by atoms with E-state index in [9.17, 15) is 0 Å². The first kappa shape index (κ1) is 19.9. The molecule has 0 spiro atoms. The van der Waals surface area contributed by atoms with Gasteiger partial charge in [-0.25, -0.2) is 0 Å². The summed E-state index contributed by atoms with van der Waals surface area (Å²) in [5.74, 6) is 3.32. The molecule has 0 aliphatic rings. The minimum atomic E-state index is 0.736. The molecule has 2 heteroatoms. The highest BCUT2D eigenvalue weighted by atomic mass is 35.5. The van der Waals surface area contributed by atoms with Gasteiger partial charge in [-0.15, -0.1) is 0 Å². The molecule has 0 N–H and O–H groups in total. The highest BCUT2D eigenvalue weighted by Crippen LogP contribution is 2.14. The Labute approximate surface area is 148 Å². The van der Waals surface area contributed by atoms with Gasteiger partial charge in [-0.3, -0.25) is 0 Å². The lowest BCUT2D eigenvalue weighted by Gasteiger charge is -2.17. The van der Waals surface area contributed by atoms with Gasteiger partial charge in [0.2, 0.25) is 0 Å². The Balaban J connectivity index is 2.46. The Bertz CT molecular complexity index is 460. The molecule has 1 aromatic rings. The van der Waals surface area contributed by atoms with Gasteiger partial charge in [0, 0.05) is 30.6 Å². The molecule has 1 nitrogen and oxygen atoms in total. The first-order valence-electron chi connectivity index (χ1n) is 9.24. The van der Waals surface area contributed by atoms with Crippen molar-refractivity contribution in [1.29, 1.82) is 0 Å². The van der Waals surface area contributed by atoms with Crippen molar-refractivity contribution in [3.8, 4) is 12.0 Å². The summed E-state index contributed by atoms with van der Waals surface area (Å²) in [7, 11) is 0. The Morgan fingerprint density at radius 1 is 0.870 bits per heavy atom. The van der Waals surface area contributed by atoms with Gasteiger partial charge in [0.1, 0.15) is 0 Å². The van der Waals surface area contributed by atoms with Crippen molar-refractivity contribution >= 4 is 11.6 Å². The largest absolute Gasteiger partial charge is 0.333 e. The maximum absolute atomic E-state index is 6.19. The van der Waals surface area contributed by atoms with E-state index in [0.29, 0.717) is 0 Å². The van der Waals surface area contributed by atoms with Crippen LogP contribution in [-0.4, -0.2) is 18.0 Å². The fourth-order valence-corrected chi connectivity index (χ4v) is 2.77. The molecule has 1 rings (SSSR count). The number of benzene rings is 1. The fourth-order valence-electron chi connectivity index (χ4n) is 2.57. The summed E-state index contributed by atoms with van der Waals surface area (Å²) in [6.07, 6.45) is 11.1. The molecule has 0 radical (unpaired) electrons. The number of rotatable bonds is 11. The van der Waals surface area contributed by atoms with Crippen LogP contribution in [0.3, 0.4) is 0 Å². The van der Waals surface area contributed by atoms with Gasteiger partial charge in [0.25, 0.3) is 0 Å². The van der Waals surface area contributed by atoms with Crippen LogP contribution in [0, 0.1) is 12.0 Å². The molecule has 0 heterocycles. The summed E-state index contributed by atoms with van der Waals surface area (Å²) in [6.45, 7) is 6.71. The molecule has 0 amide bonds. The second-order valence-electron chi connectivity index (χ2n) is 6.17. The predicted molar refractivity (Wildman–Crippen MR) is 103 cm³/mol. The predicted octanol–water partition coefficient (Wildman–Crippen LogP) is 6.31. The number of nitrogens with zero attached hydrogens (tertiary/aromatic N) is 1. The summed E-state index contributed by atoms with van der Waals surface area (Å²) in [6, 6.07) is 11.4. The topological polar surface area (TPSA) is 3.24 Å². The van der Waals surface area contributed by atoms with E-state index in [2.05, 4.69) is 36.8 Å². The molecule has 0 saturated heterocycles. The monoisotopic (exact) mass is 333 g/mol. The quantitative estimate of drug-likeness (QED) is 0.261. The molecule has 23 heavy (non-hydrogen) atoms. The zero-order valence-corrected chi connectivity index (χ0v) is 15.7. The summed E-state index contributed by atoms with van der Waals surface area (Å²) >= 11 is 6.19. The van der Waals surface area contributed by atoms with Crippen LogP contribution in [0.2, 0.25) is 5.02 Å². The second-order valence-corrected chi connectivity index (χ2v) is 6.57. The summed E-state index contributed by atoms with van der Waals surface area (Å²) < 4.78 is 0. The van der Waals surface area contributed by atoms with Crippen LogP contribution in [0.4, 0.5) is 0 Å². The maximum Gasteiger partial charge on any atom is 0.0447 e. The third-order valence-electron chi connectivity index (χ3n) is 4.04. The summed E-state index contributed by atoms with van der Waals surface area (Å²) in [5, 5.41) is 0.819. The van der Waals surface area contributed by atoms with E-state index in [1.165, 1.54) is 51.4 Å². The van der Waals surface area contributed by atoms with E-state index < -0.39 is 0 Å². The highest BCUT2D eigenvalue weighted by Gasteiger charge is 2.00. The Kier molecular flexibility index (Phi) is 11.5. The van der Waals surface area contributed by atoms with E-state index in [1.807, 2.05) is 18.2 Å². The molecule has 0 aromatic heterocycles. The third-order valence-corrected chi connectivity index (χ3v) is 4.41. The molecular weight excluding hydrogens is 302 g/mol. The first-order chi connectivity index (χ1) is 11.3. The molecular formula is C21H32ClN. The van der Waals surface area contributed by atoms with Crippen molar-refractivity contribution in [2.24, 2.45) is 0 Å². The average Bonchev–Trinajstić information content (AvgIpc) is 2.56. The number of unbranched alkanes of at least 4 members (excludes halogenated alkanes) is 6. The van der Waals surface area contributed by atoms with Crippen molar-refractivity contribution < 1.29 is 0 Å². The Morgan fingerprint density at radius 2 is 1.48 bits per heavy atom. The number of hydrogen-bond donors (Lipinski definition) is 0. The zero-order valence-electron chi connectivity index (χ0n) is 14.9. The number of hydrogen-bond acceptors (Lipinski definition) is 1. The van der Waals surface area contributed by atoms with Crippen LogP contribution in [0.25, 0.3) is 0 Å². The van der Waals surface area contributed by atoms with Gasteiger partial charge >= 0.3 is 0 Å². The molecule has 128 valence electrons. The average molecular weight is 334 g/mol. The SMILES string of the molecule is CCCCCCN(C#CCc1ccccc1Cl)CCCCCC. The molecule has 0 aliphatic carbocycles. The zero-order chi connectivity index (χ0) is 16.8. The van der Waals surface area contributed by atoms with Crippen LogP contribution in [0.15, 0.2) is 24.3 Å². The van der Waals surface area contributed by atoms with E-state index in [4.69, 9.17) is 11.6 Å². The summed E-state index contributed by atoms with van der Waals surface area (Å²) in [5.41, 5.74) is 1.12. The first-order valence-corrected chi connectivity index (χ1v) is 9.62. The lowest BCUT2D eigenvalue weighted by Crippen LogP contribution is -2.20. The second kappa shape index (κ2) is 13.3. The highest BCUT2D eigenvalue weighted by molar-refractivity contribution is 6.31.